The molecule has 0 bridgehead atoms. The van der Waals surface area contributed by atoms with Crippen molar-refractivity contribution in [3.8, 4) is 11.3 Å². The zero-order valence-corrected chi connectivity index (χ0v) is 13.9. The third-order valence-electron chi connectivity index (χ3n) is 5.19. The molecule has 4 aromatic rings. The summed E-state index contributed by atoms with van der Waals surface area (Å²) in [7, 11) is 0. The van der Waals surface area contributed by atoms with Crippen LogP contribution in [0.1, 0.15) is 47.8 Å². The predicted octanol–water partition coefficient (Wildman–Crippen LogP) is 6.09. The number of rotatable bonds is 2. The van der Waals surface area contributed by atoms with E-state index < -0.39 is 0 Å². The molecule has 0 spiro atoms. The highest BCUT2D eigenvalue weighted by Gasteiger charge is 2.22. The van der Waals surface area contributed by atoms with Crippen LogP contribution >= 0.6 is 0 Å². The Morgan fingerprint density at radius 3 is 2.76 bits per heavy atom. The summed E-state index contributed by atoms with van der Waals surface area (Å²) in [6.45, 7) is 0. The van der Waals surface area contributed by atoms with Gasteiger partial charge in [-0.2, -0.15) is 0 Å². The van der Waals surface area contributed by atoms with Crippen molar-refractivity contribution in [2.45, 2.75) is 38.0 Å². The number of hydrogen-bond donors (Lipinski definition) is 0. The summed E-state index contributed by atoms with van der Waals surface area (Å²) < 4.78 is 30.4. The summed E-state index contributed by atoms with van der Waals surface area (Å²) in [6, 6.07) is 9.03. The minimum Gasteiger partial charge on any atom is -0.453 e. The van der Waals surface area contributed by atoms with E-state index in [-0.39, 0.29) is 18.3 Å². The number of pyridine rings is 2. The lowest BCUT2D eigenvalue weighted by molar-refractivity contribution is 0.435. The lowest BCUT2D eigenvalue weighted by Gasteiger charge is -2.20. The summed E-state index contributed by atoms with van der Waals surface area (Å²) in [4.78, 5) is 8.89. The first-order valence-electron chi connectivity index (χ1n) is 10.4. The monoisotopic (exact) mass is 331 g/mol. The number of para-hydroxylation sites is 1. The normalized spacial score (nSPS) is 17.5. The van der Waals surface area contributed by atoms with Crippen molar-refractivity contribution in [1.82, 2.24) is 9.97 Å². The van der Waals surface area contributed by atoms with Crippen LogP contribution in [0.4, 0.5) is 0 Å². The van der Waals surface area contributed by atoms with Crippen LogP contribution in [-0.2, 0) is 0 Å². The number of furan rings is 1. The zero-order chi connectivity index (χ0) is 19.3. The highest BCUT2D eigenvalue weighted by atomic mass is 16.3. The van der Waals surface area contributed by atoms with Crippen LogP contribution < -0.4 is 0 Å². The second-order valence-corrected chi connectivity index (χ2v) is 6.70. The molecule has 1 aliphatic carbocycles. The molecule has 0 radical (unpaired) electrons. The molecular weight excluding hydrogens is 308 g/mol. The van der Waals surface area contributed by atoms with Crippen molar-refractivity contribution in [2.75, 3.05) is 0 Å². The average Bonchev–Trinajstić information content (AvgIpc) is 3.10. The summed E-state index contributed by atoms with van der Waals surface area (Å²) in [5, 5.41) is 1.97. The maximum atomic E-state index is 8.25. The topological polar surface area (TPSA) is 38.9 Å². The van der Waals surface area contributed by atoms with Gasteiger partial charge in [-0.3, -0.25) is 9.97 Å². The van der Waals surface area contributed by atoms with Gasteiger partial charge in [0.05, 0.1) is 15.5 Å². The Bertz CT molecular complexity index is 1200. The van der Waals surface area contributed by atoms with Gasteiger partial charge in [-0.25, -0.2) is 0 Å². The lowest BCUT2D eigenvalue weighted by Crippen LogP contribution is -2.06. The zero-order valence-electron chi connectivity index (χ0n) is 16.9. The van der Waals surface area contributed by atoms with Gasteiger partial charge in [-0.05, 0) is 37.1 Å². The third kappa shape index (κ3) is 2.42. The molecule has 1 aliphatic rings. The maximum absolute atomic E-state index is 8.25. The van der Waals surface area contributed by atoms with Gasteiger partial charge in [0.2, 0.25) is 0 Å². The number of nitrogens with zero attached hydrogens (tertiary/aromatic N) is 2. The first-order valence-corrected chi connectivity index (χ1v) is 8.89. The number of hydrogen-bond acceptors (Lipinski definition) is 3. The SMILES string of the molecule is [2H]c1cc([2H])c([2H])c(-c2cccc3c2oc2c(C4CCCCC4)nccc23)n1. The van der Waals surface area contributed by atoms with Crippen molar-refractivity contribution < 1.29 is 8.53 Å². The molecule has 0 N–H and O–H groups in total. The Kier molecular flexibility index (Phi) is 2.83. The Morgan fingerprint density at radius 1 is 0.960 bits per heavy atom. The Labute approximate surface area is 150 Å². The number of aromatic nitrogens is 2. The summed E-state index contributed by atoms with van der Waals surface area (Å²) in [5.41, 5.74) is 3.45. The largest absolute Gasteiger partial charge is 0.453 e. The van der Waals surface area contributed by atoms with E-state index in [1.807, 2.05) is 30.5 Å². The van der Waals surface area contributed by atoms with E-state index in [1.54, 1.807) is 0 Å². The minimum absolute atomic E-state index is 0.00678. The van der Waals surface area contributed by atoms with Crippen LogP contribution in [0.25, 0.3) is 33.2 Å². The van der Waals surface area contributed by atoms with Crippen molar-refractivity contribution in [3.63, 3.8) is 0 Å². The van der Waals surface area contributed by atoms with Crippen LogP contribution in [0.3, 0.4) is 0 Å². The standard InChI is InChI=1S/C22H20N2O/c1-2-7-15(8-3-1)20-22-17(12-14-24-20)16-9-6-10-18(21(16)25-22)19-11-4-5-13-23-19/h4-6,9-15H,1-3,7-8H2/i4D,11D,13D. The molecule has 0 aliphatic heterocycles. The fourth-order valence-electron chi connectivity index (χ4n) is 3.99. The second kappa shape index (κ2) is 5.99. The summed E-state index contributed by atoms with van der Waals surface area (Å²) in [6.07, 6.45) is 7.84. The maximum Gasteiger partial charge on any atom is 0.157 e. The number of benzene rings is 1. The minimum atomic E-state index is -0.0197. The van der Waals surface area contributed by atoms with Gasteiger partial charge in [0.15, 0.2) is 5.58 Å². The number of fused-ring (bicyclic) bond motifs is 3. The summed E-state index contributed by atoms with van der Waals surface area (Å²) in [5.74, 6) is 0.419. The van der Waals surface area contributed by atoms with E-state index >= 15 is 0 Å². The molecule has 1 saturated carbocycles. The van der Waals surface area contributed by atoms with E-state index in [9.17, 15) is 0 Å². The molecule has 0 unspecified atom stereocenters. The van der Waals surface area contributed by atoms with Crippen molar-refractivity contribution in [3.05, 3.63) is 60.5 Å². The highest BCUT2D eigenvalue weighted by Crippen LogP contribution is 2.40. The van der Waals surface area contributed by atoms with Crippen LogP contribution in [0, 0.1) is 0 Å². The van der Waals surface area contributed by atoms with E-state index in [1.165, 1.54) is 25.3 Å². The van der Waals surface area contributed by atoms with Gasteiger partial charge in [-0.15, -0.1) is 0 Å². The van der Waals surface area contributed by atoms with Gasteiger partial charge >= 0.3 is 0 Å². The molecule has 3 nitrogen and oxygen atoms in total. The van der Waals surface area contributed by atoms with Crippen molar-refractivity contribution in [2.24, 2.45) is 0 Å². The van der Waals surface area contributed by atoms with Gasteiger partial charge in [0.1, 0.15) is 5.58 Å². The predicted molar refractivity (Wildman–Crippen MR) is 101 cm³/mol. The molecule has 25 heavy (non-hydrogen) atoms. The quantitative estimate of drug-likeness (QED) is 0.446. The van der Waals surface area contributed by atoms with Gasteiger partial charge in [0, 0.05) is 34.6 Å². The summed E-state index contributed by atoms with van der Waals surface area (Å²) >= 11 is 0. The van der Waals surface area contributed by atoms with Crippen molar-refractivity contribution >= 4 is 21.9 Å². The fourth-order valence-corrected chi connectivity index (χ4v) is 3.99. The molecule has 5 rings (SSSR count). The Hall–Kier alpha value is -2.68. The molecule has 124 valence electrons. The van der Waals surface area contributed by atoms with Gasteiger partial charge < -0.3 is 4.42 Å². The first kappa shape index (κ1) is 11.8. The molecular formula is C22H20N2O. The molecule has 0 atom stereocenters. The van der Waals surface area contributed by atoms with E-state index in [0.29, 0.717) is 22.8 Å². The van der Waals surface area contributed by atoms with Crippen LogP contribution in [0.15, 0.2) is 59.2 Å². The van der Waals surface area contributed by atoms with E-state index in [2.05, 4.69) is 9.97 Å². The van der Waals surface area contributed by atoms with Crippen LogP contribution in [0.2, 0.25) is 0 Å². The van der Waals surface area contributed by atoms with E-state index in [4.69, 9.17) is 8.53 Å². The first-order chi connectivity index (χ1) is 13.6. The third-order valence-corrected chi connectivity index (χ3v) is 5.19. The lowest BCUT2D eigenvalue weighted by atomic mass is 9.86. The van der Waals surface area contributed by atoms with Gasteiger partial charge in [0.25, 0.3) is 0 Å². The molecule has 3 aromatic heterocycles. The molecule has 1 fully saturated rings. The molecule has 0 amide bonds. The highest BCUT2D eigenvalue weighted by molar-refractivity contribution is 6.09. The molecule has 3 heteroatoms. The van der Waals surface area contributed by atoms with Crippen molar-refractivity contribution in [1.29, 1.82) is 0 Å². The fraction of sp³-hybridized carbons (Fsp3) is 0.273. The Morgan fingerprint density at radius 2 is 1.84 bits per heavy atom. The van der Waals surface area contributed by atoms with Gasteiger partial charge in [-0.1, -0.05) is 37.4 Å². The molecule has 3 heterocycles. The van der Waals surface area contributed by atoms with Crippen LogP contribution in [0.5, 0.6) is 0 Å². The second-order valence-electron chi connectivity index (χ2n) is 6.70. The smallest absolute Gasteiger partial charge is 0.157 e. The molecule has 0 saturated heterocycles. The molecule has 1 aromatic carbocycles. The Balaban J connectivity index is 1.77. The van der Waals surface area contributed by atoms with Crippen LogP contribution in [-0.4, -0.2) is 9.97 Å². The van der Waals surface area contributed by atoms with E-state index in [0.717, 1.165) is 34.9 Å². The average molecular weight is 331 g/mol.